The molecule has 1 rings (SSSR count). The second kappa shape index (κ2) is 8.30. The number of amides is 1. The van der Waals surface area contributed by atoms with Crippen molar-refractivity contribution < 1.29 is 9.53 Å². The number of ether oxygens (including phenoxy) is 1. The molecule has 3 N–H and O–H groups in total. The van der Waals surface area contributed by atoms with E-state index in [1.807, 2.05) is 31.2 Å². The minimum atomic E-state index is -0.0199. The maximum atomic E-state index is 11.8. The van der Waals surface area contributed by atoms with Crippen LogP contribution in [0.5, 0.6) is 0 Å². The van der Waals surface area contributed by atoms with Crippen LogP contribution in [0.15, 0.2) is 24.3 Å². The highest BCUT2D eigenvalue weighted by Gasteiger charge is 2.09. The molecule has 1 unspecified atom stereocenters. The Morgan fingerprint density at radius 3 is 3.00 bits per heavy atom. The van der Waals surface area contributed by atoms with E-state index in [0.29, 0.717) is 19.6 Å². The average molecular weight is 260 g/mol. The first-order valence-electron chi connectivity index (χ1n) is 6.23. The van der Waals surface area contributed by atoms with Crippen molar-refractivity contribution in [3.8, 4) is 11.8 Å². The van der Waals surface area contributed by atoms with Gasteiger partial charge in [-0.15, -0.1) is 0 Å². The molecule has 0 heterocycles. The molecule has 4 heteroatoms. The van der Waals surface area contributed by atoms with Gasteiger partial charge in [0.05, 0.1) is 6.54 Å². The van der Waals surface area contributed by atoms with Crippen LogP contribution < -0.4 is 11.1 Å². The van der Waals surface area contributed by atoms with Crippen LogP contribution in [0.3, 0.4) is 0 Å². The second-order valence-corrected chi connectivity index (χ2v) is 4.40. The summed E-state index contributed by atoms with van der Waals surface area (Å²) >= 11 is 0. The van der Waals surface area contributed by atoms with Crippen LogP contribution >= 0.6 is 0 Å². The Hall–Kier alpha value is -1.83. The topological polar surface area (TPSA) is 64.3 Å². The Morgan fingerprint density at radius 2 is 2.32 bits per heavy atom. The van der Waals surface area contributed by atoms with Gasteiger partial charge in [-0.1, -0.05) is 24.8 Å². The summed E-state index contributed by atoms with van der Waals surface area (Å²) in [5.74, 6) is 5.89. The van der Waals surface area contributed by atoms with Gasteiger partial charge in [-0.05, 0) is 24.1 Å². The first-order chi connectivity index (χ1) is 9.15. The lowest BCUT2D eigenvalue weighted by molar-refractivity contribution is -0.117. The fraction of sp³-hybridized carbons (Fsp3) is 0.400. The van der Waals surface area contributed by atoms with E-state index in [4.69, 9.17) is 10.5 Å². The summed E-state index contributed by atoms with van der Waals surface area (Å²) in [6.07, 6.45) is 0.437. The zero-order chi connectivity index (χ0) is 14.1. The predicted molar refractivity (Wildman–Crippen MR) is 76.7 cm³/mol. The van der Waals surface area contributed by atoms with Gasteiger partial charge in [-0.3, -0.25) is 4.79 Å². The highest BCUT2D eigenvalue weighted by molar-refractivity contribution is 5.91. The fourth-order valence-electron chi connectivity index (χ4n) is 1.70. The summed E-state index contributed by atoms with van der Waals surface area (Å²) in [4.78, 5) is 11.8. The SMILES string of the molecule is COCC(C)CC(=O)Nc1cccc(C#CCN)c1. The van der Waals surface area contributed by atoms with Crippen molar-refractivity contribution in [2.45, 2.75) is 13.3 Å². The minimum absolute atomic E-state index is 0.0199. The number of rotatable bonds is 5. The van der Waals surface area contributed by atoms with Gasteiger partial charge < -0.3 is 15.8 Å². The van der Waals surface area contributed by atoms with E-state index in [-0.39, 0.29) is 11.8 Å². The molecule has 0 aromatic heterocycles. The average Bonchev–Trinajstić information content (AvgIpc) is 2.36. The smallest absolute Gasteiger partial charge is 0.224 e. The number of hydrogen-bond acceptors (Lipinski definition) is 3. The molecule has 0 aliphatic rings. The lowest BCUT2D eigenvalue weighted by atomic mass is 10.1. The molecule has 1 amide bonds. The fourth-order valence-corrected chi connectivity index (χ4v) is 1.70. The van der Waals surface area contributed by atoms with E-state index in [9.17, 15) is 4.79 Å². The molecule has 1 aromatic carbocycles. The third kappa shape index (κ3) is 6.05. The summed E-state index contributed by atoms with van der Waals surface area (Å²) in [5.41, 5.74) is 6.91. The minimum Gasteiger partial charge on any atom is -0.384 e. The number of methoxy groups -OCH3 is 1. The third-order valence-electron chi connectivity index (χ3n) is 2.47. The van der Waals surface area contributed by atoms with Crippen molar-refractivity contribution in [3.05, 3.63) is 29.8 Å². The number of nitrogens with two attached hydrogens (primary N) is 1. The van der Waals surface area contributed by atoms with Crippen molar-refractivity contribution in [3.63, 3.8) is 0 Å². The molecule has 19 heavy (non-hydrogen) atoms. The summed E-state index contributed by atoms with van der Waals surface area (Å²) < 4.78 is 5.01. The van der Waals surface area contributed by atoms with Crippen LogP contribution in [0.4, 0.5) is 5.69 Å². The first-order valence-corrected chi connectivity index (χ1v) is 6.23. The van der Waals surface area contributed by atoms with Crippen LogP contribution in [0.1, 0.15) is 18.9 Å². The van der Waals surface area contributed by atoms with E-state index < -0.39 is 0 Å². The zero-order valence-corrected chi connectivity index (χ0v) is 11.4. The molecule has 0 spiro atoms. The van der Waals surface area contributed by atoms with Gasteiger partial charge in [0, 0.05) is 31.4 Å². The lowest BCUT2D eigenvalue weighted by Gasteiger charge is -2.10. The molecule has 0 aliphatic heterocycles. The van der Waals surface area contributed by atoms with Crippen molar-refractivity contribution in [1.29, 1.82) is 0 Å². The highest BCUT2D eigenvalue weighted by atomic mass is 16.5. The summed E-state index contributed by atoms with van der Waals surface area (Å²) in [7, 11) is 1.63. The molecule has 1 atom stereocenters. The molecule has 0 saturated heterocycles. The van der Waals surface area contributed by atoms with Crippen molar-refractivity contribution in [2.24, 2.45) is 11.7 Å². The Labute approximate surface area is 114 Å². The number of anilines is 1. The summed E-state index contributed by atoms with van der Waals surface area (Å²) in [6.45, 7) is 2.88. The van der Waals surface area contributed by atoms with Gasteiger partial charge in [0.25, 0.3) is 0 Å². The second-order valence-electron chi connectivity index (χ2n) is 4.40. The number of benzene rings is 1. The standard InChI is InChI=1S/C15H20N2O2/c1-12(11-19-2)9-15(18)17-14-7-3-5-13(10-14)6-4-8-16/h3,5,7,10,12H,8-9,11,16H2,1-2H3,(H,17,18). The quantitative estimate of drug-likeness (QED) is 0.790. The van der Waals surface area contributed by atoms with Crippen LogP contribution in [0, 0.1) is 17.8 Å². The van der Waals surface area contributed by atoms with E-state index in [0.717, 1.165) is 11.3 Å². The molecule has 0 aliphatic carbocycles. The van der Waals surface area contributed by atoms with Gasteiger partial charge >= 0.3 is 0 Å². The molecule has 4 nitrogen and oxygen atoms in total. The van der Waals surface area contributed by atoms with Gasteiger partial charge in [0.1, 0.15) is 0 Å². The largest absolute Gasteiger partial charge is 0.384 e. The maximum absolute atomic E-state index is 11.8. The molecular weight excluding hydrogens is 240 g/mol. The zero-order valence-electron chi connectivity index (χ0n) is 11.4. The number of carbonyl (C=O) groups is 1. The van der Waals surface area contributed by atoms with Crippen molar-refractivity contribution in [1.82, 2.24) is 0 Å². The van der Waals surface area contributed by atoms with Crippen molar-refractivity contribution >= 4 is 11.6 Å². The van der Waals surface area contributed by atoms with Crippen LogP contribution in [-0.4, -0.2) is 26.2 Å². The number of carbonyl (C=O) groups excluding carboxylic acids is 1. The molecular formula is C15H20N2O2. The molecule has 0 bridgehead atoms. The first kappa shape index (κ1) is 15.2. The maximum Gasteiger partial charge on any atom is 0.224 e. The Morgan fingerprint density at radius 1 is 1.53 bits per heavy atom. The lowest BCUT2D eigenvalue weighted by Crippen LogP contribution is -2.17. The molecule has 0 radical (unpaired) electrons. The number of hydrogen-bond donors (Lipinski definition) is 2. The van der Waals surface area contributed by atoms with Crippen LogP contribution in [0.2, 0.25) is 0 Å². The Bertz CT molecular complexity index is 475. The Balaban J connectivity index is 2.59. The predicted octanol–water partition coefficient (Wildman–Crippen LogP) is 1.61. The van der Waals surface area contributed by atoms with Gasteiger partial charge in [0.15, 0.2) is 0 Å². The monoisotopic (exact) mass is 260 g/mol. The molecule has 102 valence electrons. The highest BCUT2D eigenvalue weighted by Crippen LogP contribution is 2.11. The van der Waals surface area contributed by atoms with E-state index in [2.05, 4.69) is 17.2 Å². The van der Waals surface area contributed by atoms with E-state index in [1.165, 1.54) is 0 Å². The van der Waals surface area contributed by atoms with Crippen LogP contribution in [0.25, 0.3) is 0 Å². The van der Waals surface area contributed by atoms with E-state index in [1.54, 1.807) is 7.11 Å². The normalized spacial score (nSPS) is 11.3. The van der Waals surface area contributed by atoms with E-state index >= 15 is 0 Å². The van der Waals surface area contributed by atoms with Gasteiger partial charge in [0.2, 0.25) is 5.91 Å². The summed E-state index contributed by atoms with van der Waals surface area (Å²) in [6, 6.07) is 7.41. The molecule has 0 fully saturated rings. The van der Waals surface area contributed by atoms with Gasteiger partial charge in [-0.2, -0.15) is 0 Å². The third-order valence-corrected chi connectivity index (χ3v) is 2.47. The van der Waals surface area contributed by atoms with Gasteiger partial charge in [-0.25, -0.2) is 0 Å². The molecule has 1 aromatic rings. The van der Waals surface area contributed by atoms with Crippen LogP contribution in [-0.2, 0) is 9.53 Å². The number of nitrogens with one attached hydrogen (secondary N) is 1. The summed E-state index contributed by atoms with van der Waals surface area (Å²) in [5, 5.41) is 2.85. The van der Waals surface area contributed by atoms with Crippen molar-refractivity contribution in [2.75, 3.05) is 25.6 Å². The molecule has 0 saturated carbocycles. The Kier molecular flexibility index (Phi) is 6.65.